The van der Waals surface area contributed by atoms with Crippen molar-refractivity contribution in [2.75, 3.05) is 6.61 Å². The molecular formula is C28H40BrNO. The van der Waals surface area contributed by atoms with Gasteiger partial charge in [0.1, 0.15) is 5.75 Å². The van der Waals surface area contributed by atoms with Crippen LogP contribution in [0.1, 0.15) is 96.0 Å². The minimum Gasteiger partial charge on any atom is -0.492 e. The SMILES string of the molecule is CCCCCCCCCCc1ccc(-c2ccc(OCC3CCCCC3)c(Br)c2)nc1. The third-order valence-electron chi connectivity index (χ3n) is 6.57. The number of rotatable bonds is 13. The Balaban J connectivity index is 1.42. The summed E-state index contributed by atoms with van der Waals surface area (Å²) in [5, 5.41) is 0. The number of nitrogens with zero attached hydrogens (tertiary/aromatic N) is 1. The van der Waals surface area contributed by atoms with E-state index < -0.39 is 0 Å². The lowest BCUT2D eigenvalue weighted by molar-refractivity contribution is 0.208. The van der Waals surface area contributed by atoms with Crippen LogP contribution >= 0.6 is 15.9 Å². The van der Waals surface area contributed by atoms with Crippen molar-refractivity contribution < 1.29 is 4.74 Å². The van der Waals surface area contributed by atoms with E-state index in [1.54, 1.807) is 0 Å². The average Bonchev–Trinajstić information content (AvgIpc) is 2.81. The standard InChI is InChI=1S/C28H40BrNO/c1-2-3-4-5-6-7-8-10-13-23-16-18-27(30-21-23)25-17-19-28(26(29)20-25)31-22-24-14-11-9-12-15-24/h16-21,24H,2-15,22H2,1H3. The molecule has 1 fully saturated rings. The number of benzene rings is 1. The second-order valence-corrected chi connectivity index (χ2v) is 10.1. The number of aryl methyl sites for hydroxylation is 1. The minimum atomic E-state index is 0.718. The molecule has 0 N–H and O–H groups in total. The lowest BCUT2D eigenvalue weighted by Gasteiger charge is -2.22. The molecule has 31 heavy (non-hydrogen) atoms. The molecule has 0 unspecified atom stereocenters. The monoisotopic (exact) mass is 485 g/mol. The van der Waals surface area contributed by atoms with Gasteiger partial charge in [-0.2, -0.15) is 0 Å². The summed E-state index contributed by atoms with van der Waals surface area (Å²) in [5.74, 6) is 1.66. The molecule has 1 aromatic heterocycles. The molecule has 0 saturated heterocycles. The number of aromatic nitrogens is 1. The van der Waals surface area contributed by atoms with Crippen molar-refractivity contribution in [1.82, 2.24) is 4.98 Å². The zero-order valence-corrected chi connectivity index (χ0v) is 21.0. The molecule has 2 aromatic rings. The van der Waals surface area contributed by atoms with Gasteiger partial charge in [0.15, 0.2) is 0 Å². The van der Waals surface area contributed by atoms with Crippen molar-refractivity contribution in [2.24, 2.45) is 5.92 Å². The summed E-state index contributed by atoms with van der Waals surface area (Å²) in [7, 11) is 0. The van der Waals surface area contributed by atoms with Crippen molar-refractivity contribution in [3.63, 3.8) is 0 Å². The van der Waals surface area contributed by atoms with E-state index in [-0.39, 0.29) is 0 Å². The Hall–Kier alpha value is -1.35. The summed E-state index contributed by atoms with van der Waals surface area (Å²) in [6, 6.07) is 10.7. The summed E-state index contributed by atoms with van der Waals surface area (Å²) in [6.07, 6.45) is 20.8. The number of hydrogen-bond donors (Lipinski definition) is 0. The normalized spacial score (nSPS) is 14.6. The van der Waals surface area contributed by atoms with Gasteiger partial charge in [0.25, 0.3) is 0 Å². The highest BCUT2D eigenvalue weighted by Crippen LogP contribution is 2.32. The molecule has 170 valence electrons. The van der Waals surface area contributed by atoms with Crippen molar-refractivity contribution in [2.45, 2.75) is 96.8 Å². The molecule has 0 amide bonds. The van der Waals surface area contributed by atoms with Crippen LogP contribution in [0.2, 0.25) is 0 Å². The van der Waals surface area contributed by atoms with Crippen LogP contribution in [0.15, 0.2) is 41.0 Å². The first-order chi connectivity index (χ1) is 15.3. The molecule has 2 nitrogen and oxygen atoms in total. The maximum Gasteiger partial charge on any atom is 0.133 e. The van der Waals surface area contributed by atoms with E-state index >= 15 is 0 Å². The number of halogens is 1. The van der Waals surface area contributed by atoms with E-state index in [0.717, 1.165) is 40.4 Å². The van der Waals surface area contributed by atoms with E-state index in [1.807, 2.05) is 0 Å². The molecule has 0 atom stereocenters. The number of pyridine rings is 1. The second-order valence-electron chi connectivity index (χ2n) is 9.24. The molecule has 1 saturated carbocycles. The van der Waals surface area contributed by atoms with Crippen LogP contribution in [-0.2, 0) is 6.42 Å². The fraction of sp³-hybridized carbons (Fsp3) is 0.607. The van der Waals surface area contributed by atoms with E-state index in [2.05, 4.69) is 59.4 Å². The van der Waals surface area contributed by atoms with Crippen molar-refractivity contribution in [3.05, 3.63) is 46.6 Å². The van der Waals surface area contributed by atoms with Crippen LogP contribution in [0, 0.1) is 5.92 Å². The zero-order valence-electron chi connectivity index (χ0n) is 19.4. The van der Waals surface area contributed by atoms with Crippen LogP contribution in [0.3, 0.4) is 0 Å². The molecule has 3 heteroatoms. The van der Waals surface area contributed by atoms with Gasteiger partial charge in [0.05, 0.1) is 16.8 Å². The second kappa shape index (κ2) is 13.9. The first-order valence-electron chi connectivity index (χ1n) is 12.6. The Bertz CT molecular complexity index is 752. The maximum absolute atomic E-state index is 6.11. The largest absolute Gasteiger partial charge is 0.492 e. The Morgan fingerprint density at radius 3 is 2.32 bits per heavy atom. The molecular weight excluding hydrogens is 446 g/mol. The number of ether oxygens (including phenoxy) is 1. The lowest BCUT2D eigenvalue weighted by atomic mass is 9.90. The molecule has 1 heterocycles. The fourth-order valence-corrected chi connectivity index (χ4v) is 5.04. The summed E-state index contributed by atoms with van der Waals surface area (Å²) in [5.41, 5.74) is 3.51. The van der Waals surface area contributed by atoms with Gasteiger partial charge in [-0.25, -0.2) is 0 Å². The van der Waals surface area contributed by atoms with Gasteiger partial charge in [-0.3, -0.25) is 4.98 Å². The molecule has 1 aliphatic rings. The van der Waals surface area contributed by atoms with E-state index in [9.17, 15) is 0 Å². The minimum absolute atomic E-state index is 0.718. The quantitative estimate of drug-likeness (QED) is 0.263. The highest BCUT2D eigenvalue weighted by molar-refractivity contribution is 9.10. The highest BCUT2D eigenvalue weighted by atomic mass is 79.9. The van der Waals surface area contributed by atoms with E-state index in [0.29, 0.717) is 0 Å². The Morgan fingerprint density at radius 2 is 1.65 bits per heavy atom. The molecule has 0 spiro atoms. The predicted octanol–water partition coefficient (Wildman–Crippen LogP) is 9.15. The molecule has 0 aliphatic heterocycles. The van der Waals surface area contributed by atoms with Gasteiger partial charge in [-0.05, 0) is 77.4 Å². The average molecular weight is 487 g/mol. The Labute approximate surface area is 198 Å². The Kier molecular flexibility index (Phi) is 10.9. The van der Waals surface area contributed by atoms with Gasteiger partial charge in [-0.1, -0.05) is 77.2 Å². The molecule has 1 aromatic carbocycles. The number of unbranched alkanes of at least 4 members (excludes halogenated alkanes) is 7. The van der Waals surface area contributed by atoms with Crippen molar-refractivity contribution in [1.29, 1.82) is 0 Å². The van der Waals surface area contributed by atoms with E-state index in [4.69, 9.17) is 9.72 Å². The summed E-state index contributed by atoms with van der Waals surface area (Å²) >= 11 is 3.70. The molecule has 0 bridgehead atoms. The molecule has 3 rings (SSSR count). The van der Waals surface area contributed by atoms with Crippen LogP contribution < -0.4 is 4.74 Å². The van der Waals surface area contributed by atoms with Crippen LogP contribution in [0.25, 0.3) is 11.3 Å². The third kappa shape index (κ3) is 8.60. The van der Waals surface area contributed by atoms with Crippen LogP contribution in [-0.4, -0.2) is 11.6 Å². The number of hydrogen-bond acceptors (Lipinski definition) is 2. The van der Waals surface area contributed by atoms with Gasteiger partial charge < -0.3 is 4.74 Å². The summed E-state index contributed by atoms with van der Waals surface area (Å²) < 4.78 is 7.13. The third-order valence-corrected chi connectivity index (χ3v) is 7.19. The molecule has 0 radical (unpaired) electrons. The van der Waals surface area contributed by atoms with E-state index in [1.165, 1.54) is 89.0 Å². The lowest BCUT2D eigenvalue weighted by Crippen LogP contribution is -2.15. The van der Waals surface area contributed by atoms with Gasteiger partial charge in [0.2, 0.25) is 0 Å². The van der Waals surface area contributed by atoms with Gasteiger partial charge >= 0.3 is 0 Å². The predicted molar refractivity (Wildman–Crippen MR) is 136 cm³/mol. The van der Waals surface area contributed by atoms with Crippen molar-refractivity contribution >= 4 is 15.9 Å². The van der Waals surface area contributed by atoms with Crippen molar-refractivity contribution in [3.8, 4) is 17.0 Å². The highest BCUT2D eigenvalue weighted by Gasteiger charge is 2.15. The first-order valence-corrected chi connectivity index (χ1v) is 13.4. The van der Waals surface area contributed by atoms with Crippen LogP contribution in [0.4, 0.5) is 0 Å². The van der Waals surface area contributed by atoms with Gasteiger partial charge in [0, 0.05) is 11.8 Å². The first kappa shape index (κ1) is 24.3. The summed E-state index contributed by atoms with van der Waals surface area (Å²) in [6.45, 7) is 3.12. The van der Waals surface area contributed by atoms with Crippen LogP contribution in [0.5, 0.6) is 5.75 Å². The maximum atomic E-state index is 6.11. The molecule has 1 aliphatic carbocycles. The topological polar surface area (TPSA) is 22.1 Å². The van der Waals surface area contributed by atoms with Gasteiger partial charge in [-0.15, -0.1) is 0 Å². The fourth-order valence-electron chi connectivity index (χ4n) is 4.54. The zero-order chi connectivity index (χ0) is 21.7. The smallest absolute Gasteiger partial charge is 0.133 e. The summed E-state index contributed by atoms with van der Waals surface area (Å²) in [4.78, 5) is 4.73. The Morgan fingerprint density at radius 1 is 0.903 bits per heavy atom.